The molecule has 0 radical (unpaired) electrons. The Balaban J connectivity index is 2.75. The standard InChI is InChI=1S/C10H8Cl2N2/c1-2-6-3-4-7-8(11)5-9(12)14-10(7)13-6/h3-5H,2H2,1H3. The average molecular weight is 227 g/mol. The third kappa shape index (κ3) is 1.68. The summed E-state index contributed by atoms with van der Waals surface area (Å²) in [6.07, 6.45) is 0.877. The number of aromatic nitrogens is 2. The van der Waals surface area contributed by atoms with Crippen LogP contribution in [-0.2, 0) is 6.42 Å². The summed E-state index contributed by atoms with van der Waals surface area (Å²) in [6.45, 7) is 2.04. The molecule has 0 saturated carbocycles. The Hall–Kier alpha value is -0.860. The van der Waals surface area contributed by atoms with Crippen molar-refractivity contribution in [2.24, 2.45) is 0 Å². The number of rotatable bonds is 1. The molecule has 72 valence electrons. The van der Waals surface area contributed by atoms with Crippen molar-refractivity contribution in [1.29, 1.82) is 0 Å². The maximum atomic E-state index is 5.99. The van der Waals surface area contributed by atoms with Gasteiger partial charge in [-0.3, -0.25) is 0 Å². The third-order valence-corrected chi connectivity index (χ3v) is 2.52. The van der Waals surface area contributed by atoms with Crippen LogP contribution in [0.2, 0.25) is 10.2 Å². The van der Waals surface area contributed by atoms with Gasteiger partial charge in [-0.25, -0.2) is 9.97 Å². The summed E-state index contributed by atoms with van der Waals surface area (Å²) in [7, 11) is 0. The summed E-state index contributed by atoms with van der Waals surface area (Å²) < 4.78 is 0. The molecule has 0 atom stereocenters. The monoisotopic (exact) mass is 226 g/mol. The molecule has 0 unspecified atom stereocenters. The molecule has 14 heavy (non-hydrogen) atoms. The van der Waals surface area contributed by atoms with Crippen LogP contribution in [-0.4, -0.2) is 9.97 Å². The predicted molar refractivity (Wildman–Crippen MR) is 58.9 cm³/mol. The molecule has 0 aliphatic heterocycles. The topological polar surface area (TPSA) is 25.8 Å². The largest absolute Gasteiger partial charge is 0.233 e. The highest BCUT2D eigenvalue weighted by atomic mass is 35.5. The minimum atomic E-state index is 0.378. The number of pyridine rings is 2. The van der Waals surface area contributed by atoms with Crippen molar-refractivity contribution in [2.45, 2.75) is 13.3 Å². The van der Waals surface area contributed by atoms with Crippen molar-refractivity contribution in [3.05, 3.63) is 34.1 Å². The van der Waals surface area contributed by atoms with Crippen molar-refractivity contribution in [1.82, 2.24) is 9.97 Å². The molecule has 4 heteroatoms. The predicted octanol–water partition coefficient (Wildman–Crippen LogP) is 3.50. The lowest BCUT2D eigenvalue weighted by molar-refractivity contribution is 1.05. The number of hydrogen-bond acceptors (Lipinski definition) is 2. The molecule has 0 aliphatic carbocycles. The molecular formula is C10H8Cl2N2. The van der Waals surface area contributed by atoms with Gasteiger partial charge >= 0.3 is 0 Å². The fourth-order valence-electron chi connectivity index (χ4n) is 1.27. The van der Waals surface area contributed by atoms with Crippen molar-refractivity contribution in [2.75, 3.05) is 0 Å². The molecular weight excluding hydrogens is 219 g/mol. The van der Waals surface area contributed by atoms with Gasteiger partial charge in [-0.1, -0.05) is 30.1 Å². The van der Waals surface area contributed by atoms with E-state index >= 15 is 0 Å². The number of halogens is 2. The third-order valence-electron chi connectivity index (χ3n) is 2.01. The summed E-state index contributed by atoms with van der Waals surface area (Å²) in [5, 5.41) is 1.81. The van der Waals surface area contributed by atoms with Gasteiger partial charge in [-0.05, 0) is 24.6 Å². The van der Waals surface area contributed by atoms with Gasteiger partial charge in [-0.15, -0.1) is 0 Å². The van der Waals surface area contributed by atoms with E-state index in [4.69, 9.17) is 23.2 Å². The first-order chi connectivity index (χ1) is 6.70. The number of aryl methyl sites for hydroxylation is 1. The summed E-state index contributed by atoms with van der Waals surface area (Å²) in [6, 6.07) is 5.50. The van der Waals surface area contributed by atoms with E-state index in [1.807, 2.05) is 19.1 Å². The van der Waals surface area contributed by atoms with E-state index in [9.17, 15) is 0 Å². The van der Waals surface area contributed by atoms with Crippen LogP contribution in [0.1, 0.15) is 12.6 Å². The Morgan fingerprint density at radius 1 is 1.21 bits per heavy atom. The molecule has 0 saturated heterocycles. The number of fused-ring (bicyclic) bond motifs is 1. The average Bonchev–Trinajstić information content (AvgIpc) is 2.16. The second kappa shape index (κ2) is 3.71. The van der Waals surface area contributed by atoms with Crippen molar-refractivity contribution >= 4 is 34.2 Å². The van der Waals surface area contributed by atoms with E-state index in [2.05, 4.69) is 9.97 Å². The molecule has 0 fully saturated rings. The van der Waals surface area contributed by atoms with Crippen LogP contribution in [0.3, 0.4) is 0 Å². The number of nitrogens with zero attached hydrogens (tertiary/aromatic N) is 2. The van der Waals surface area contributed by atoms with Crippen LogP contribution in [0.25, 0.3) is 11.0 Å². The molecule has 2 nitrogen and oxygen atoms in total. The fourth-order valence-corrected chi connectivity index (χ4v) is 1.77. The van der Waals surface area contributed by atoms with Crippen LogP contribution in [0.4, 0.5) is 0 Å². The minimum Gasteiger partial charge on any atom is -0.233 e. The molecule has 0 amide bonds. The van der Waals surface area contributed by atoms with Crippen LogP contribution in [0.5, 0.6) is 0 Å². The minimum absolute atomic E-state index is 0.378. The van der Waals surface area contributed by atoms with E-state index in [1.54, 1.807) is 6.07 Å². The maximum absolute atomic E-state index is 5.99. The summed E-state index contributed by atoms with van der Waals surface area (Å²) in [5.41, 5.74) is 1.60. The second-order valence-electron chi connectivity index (χ2n) is 2.95. The highest BCUT2D eigenvalue weighted by Crippen LogP contribution is 2.24. The summed E-state index contributed by atoms with van der Waals surface area (Å²) in [4.78, 5) is 8.45. The SMILES string of the molecule is CCc1ccc2c(Cl)cc(Cl)nc2n1. The molecule has 0 aromatic carbocycles. The normalized spacial score (nSPS) is 10.8. The van der Waals surface area contributed by atoms with Gasteiger partial charge in [0.2, 0.25) is 0 Å². The van der Waals surface area contributed by atoms with E-state index in [0.717, 1.165) is 17.5 Å². The van der Waals surface area contributed by atoms with Crippen molar-refractivity contribution in [3.63, 3.8) is 0 Å². The smallest absolute Gasteiger partial charge is 0.162 e. The van der Waals surface area contributed by atoms with Crippen LogP contribution < -0.4 is 0 Å². The second-order valence-corrected chi connectivity index (χ2v) is 3.75. The van der Waals surface area contributed by atoms with Gasteiger partial charge in [0.25, 0.3) is 0 Å². The lowest BCUT2D eigenvalue weighted by atomic mass is 10.2. The molecule has 0 N–H and O–H groups in total. The molecule has 0 bridgehead atoms. The molecule has 2 heterocycles. The Kier molecular flexibility index (Phi) is 2.57. The van der Waals surface area contributed by atoms with E-state index in [0.29, 0.717) is 15.8 Å². The molecule has 2 rings (SSSR count). The first-order valence-electron chi connectivity index (χ1n) is 4.32. The Bertz CT molecular complexity index is 483. The molecule has 0 spiro atoms. The zero-order valence-electron chi connectivity index (χ0n) is 7.59. The van der Waals surface area contributed by atoms with Gasteiger partial charge in [0.15, 0.2) is 5.65 Å². The van der Waals surface area contributed by atoms with Crippen molar-refractivity contribution < 1.29 is 0 Å². The van der Waals surface area contributed by atoms with E-state index in [1.165, 1.54) is 0 Å². The summed E-state index contributed by atoms with van der Waals surface area (Å²) >= 11 is 11.8. The Morgan fingerprint density at radius 3 is 2.71 bits per heavy atom. The lowest BCUT2D eigenvalue weighted by Gasteiger charge is -2.01. The molecule has 2 aromatic heterocycles. The van der Waals surface area contributed by atoms with E-state index < -0.39 is 0 Å². The molecule has 0 aliphatic rings. The highest BCUT2D eigenvalue weighted by Gasteiger charge is 2.04. The van der Waals surface area contributed by atoms with Gasteiger partial charge < -0.3 is 0 Å². The summed E-state index contributed by atoms with van der Waals surface area (Å²) in [5.74, 6) is 0. The van der Waals surface area contributed by atoms with E-state index in [-0.39, 0.29) is 0 Å². The first kappa shape index (κ1) is 9.69. The first-order valence-corrected chi connectivity index (χ1v) is 5.08. The zero-order valence-corrected chi connectivity index (χ0v) is 9.10. The van der Waals surface area contributed by atoms with Gasteiger partial charge in [-0.2, -0.15) is 0 Å². The Labute approximate surface area is 91.9 Å². The van der Waals surface area contributed by atoms with Crippen LogP contribution >= 0.6 is 23.2 Å². The zero-order chi connectivity index (χ0) is 10.1. The van der Waals surface area contributed by atoms with Gasteiger partial charge in [0, 0.05) is 11.1 Å². The number of hydrogen-bond donors (Lipinski definition) is 0. The quantitative estimate of drug-likeness (QED) is 0.696. The van der Waals surface area contributed by atoms with Gasteiger partial charge in [0.05, 0.1) is 5.02 Å². The van der Waals surface area contributed by atoms with Crippen molar-refractivity contribution in [3.8, 4) is 0 Å². The van der Waals surface area contributed by atoms with Gasteiger partial charge in [0.1, 0.15) is 5.15 Å². The fraction of sp³-hybridized carbons (Fsp3) is 0.200. The van der Waals surface area contributed by atoms with Crippen LogP contribution in [0, 0.1) is 0 Å². The Morgan fingerprint density at radius 2 is 2.00 bits per heavy atom. The lowest BCUT2D eigenvalue weighted by Crippen LogP contribution is -1.90. The maximum Gasteiger partial charge on any atom is 0.162 e. The van der Waals surface area contributed by atoms with Crippen LogP contribution in [0.15, 0.2) is 18.2 Å². The highest BCUT2D eigenvalue weighted by molar-refractivity contribution is 6.37. The molecule has 2 aromatic rings.